The molecule has 1 amide bonds. The van der Waals surface area contributed by atoms with Gasteiger partial charge in [-0.15, -0.1) is 0 Å². The van der Waals surface area contributed by atoms with Gasteiger partial charge in [0.1, 0.15) is 0 Å². The number of furan rings is 1. The lowest BCUT2D eigenvalue weighted by Crippen LogP contribution is -2.29. The van der Waals surface area contributed by atoms with Crippen LogP contribution in [0.4, 0.5) is 13.2 Å². The fourth-order valence-electron chi connectivity index (χ4n) is 2.98. The van der Waals surface area contributed by atoms with E-state index in [-0.39, 0.29) is 16.8 Å². The van der Waals surface area contributed by atoms with Gasteiger partial charge in [0.05, 0.1) is 17.1 Å². The second-order valence-electron chi connectivity index (χ2n) is 6.28. The van der Waals surface area contributed by atoms with E-state index in [0.717, 1.165) is 5.56 Å². The zero-order valence-electron chi connectivity index (χ0n) is 14.6. The summed E-state index contributed by atoms with van der Waals surface area (Å²) in [5.41, 5.74) is 1.78. The largest absolute Gasteiger partial charge is 0.449 e. The maximum atomic E-state index is 12.9. The Hall–Kier alpha value is -3.07. The Morgan fingerprint density at radius 3 is 2.48 bits per heavy atom. The third-order valence-corrected chi connectivity index (χ3v) is 4.74. The first-order valence-corrected chi connectivity index (χ1v) is 9.28. The maximum absolute atomic E-state index is 12.9. The predicted molar refractivity (Wildman–Crippen MR) is 103 cm³/mol. The van der Waals surface area contributed by atoms with Crippen molar-refractivity contribution >= 4 is 32.9 Å². The number of benzene rings is 2. The molecule has 0 unspecified atom stereocenters. The number of rotatable bonds is 4. The molecule has 0 bridgehead atoms. The van der Waals surface area contributed by atoms with Crippen LogP contribution < -0.4 is 5.32 Å². The monoisotopic (exact) mass is 463 g/mol. The number of halogens is 4. The van der Waals surface area contributed by atoms with Crippen molar-refractivity contribution in [3.05, 3.63) is 88.0 Å². The molecule has 0 aliphatic heterocycles. The van der Waals surface area contributed by atoms with Gasteiger partial charge in [-0.2, -0.15) is 13.2 Å². The summed E-state index contributed by atoms with van der Waals surface area (Å²) >= 11 is 3.15. The number of aromatic amines is 1. The highest BCUT2D eigenvalue weighted by molar-refractivity contribution is 9.10. The number of amides is 1. The minimum Gasteiger partial charge on any atom is -0.444 e. The van der Waals surface area contributed by atoms with Crippen LogP contribution in [0.3, 0.4) is 0 Å². The fourth-order valence-corrected chi connectivity index (χ4v) is 3.29. The zero-order valence-corrected chi connectivity index (χ0v) is 16.2. The van der Waals surface area contributed by atoms with Crippen LogP contribution in [0.1, 0.15) is 33.5 Å². The topological polar surface area (TPSA) is 70.9 Å². The van der Waals surface area contributed by atoms with E-state index in [0.29, 0.717) is 10.2 Å². The average Bonchev–Trinajstić information content (AvgIpc) is 3.32. The number of H-pyrrole nitrogens is 1. The standard InChI is InChI=1S/C20H13BrF3N3O2/c21-16-9-8-15(29-16)18(28)27-17(11-4-2-1-3-5-11)12-6-7-13-14(10-12)26-19(25-13)20(22,23)24/h1-10,17H,(H,25,26)(H,27,28)/t17-/m0/s1. The van der Waals surface area contributed by atoms with Crippen LogP contribution in [0.15, 0.2) is 69.8 Å². The quantitative estimate of drug-likeness (QED) is 0.422. The second kappa shape index (κ2) is 7.40. The highest BCUT2D eigenvalue weighted by Gasteiger charge is 2.34. The normalized spacial score (nSPS) is 12.8. The van der Waals surface area contributed by atoms with Crippen molar-refractivity contribution in [3.8, 4) is 0 Å². The molecule has 0 aliphatic carbocycles. The number of carbonyl (C=O) groups is 1. The van der Waals surface area contributed by atoms with Crippen LogP contribution in [0.5, 0.6) is 0 Å². The molecule has 0 radical (unpaired) electrons. The van der Waals surface area contributed by atoms with Gasteiger partial charge in [-0.1, -0.05) is 36.4 Å². The van der Waals surface area contributed by atoms with Crippen LogP contribution in [0.2, 0.25) is 0 Å². The molecule has 0 saturated carbocycles. The highest BCUT2D eigenvalue weighted by Crippen LogP contribution is 2.30. The molecule has 2 aromatic carbocycles. The molecule has 148 valence electrons. The molecule has 0 fully saturated rings. The van der Waals surface area contributed by atoms with Crippen molar-refractivity contribution < 1.29 is 22.4 Å². The smallest absolute Gasteiger partial charge is 0.444 e. The van der Waals surface area contributed by atoms with E-state index in [1.54, 1.807) is 18.2 Å². The number of alkyl halides is 3. The first-order chi connectivity index (χ1) is 13.8. The Kier molecular flexibility index (Phi) is 4.91. The number of nitrogens with zero attached hydrogens (tertiary/aromatic N) is 1. The van der Waals surface area contributed by atoms with Gasteiger partial charge >= 0.3 is 6.18 Å². The van der Waals surface area contributed by atoms with Gasteiger partial charge in [-0.3, -0.25) is 4.79 Å². The van der Waals surface area contributed by atoms with Gasteiger partial charge < -0.3 is 14.7 Å². The molecule has 5 nitrogen and oxygen atoms in total. The Labute approximate surface area is 171 Å². The van der Waals surface area contributed by atoms with E-state index in [2.05, 4.69) is 31.2 Å². The summed E-state index contributed by atoms with van der Waals surface area (Å²) in [7, 11) is 0. The number of nitrogens with one attached hydrogen (secondary N) is 2. The lowest BCUT2D eigenvalue weighted by molar-refractivity contribution is -0.144. The molecule has 4 rings (SSSR count). The first kappa shape index (κ1) is 19.3. The predicted octanol–water partition coefficient (Wildman–Crippen LogP) is 5.46. The summed E-state index contributed by atoms with van der Waals surface area (Å²) in [4.78, 5) is 18.5. The summed E-state index contributed by atoms with van der Waals surface area (Å²) in [5, 5.41) is 2.87. The number of hydrogen-bond acceptors (Lipinski definition) is 3. The van der Waals surface area contributed by atoms with Gasteiger partial charge in [0.15, 0.2) is 10.4 Å². The van der Waals surface area contributed by atoms with E-state index >= 15 is 0 Å². The maximum Gasteiger partial charge on any atom is 0.449 e. The molecule has 29 heavy (non-hydrogen) atoms. The molecule has 1 atom stereocenters. The molecule has 0 aliphatic rings. The molecule has 2 aromatic heterocycles. The lowest BCUT2D eigenvalue weighted by Gasteiger charge is -2.19. The molecular formula is C20H13BrF3N3O2. The molecule has 0 spiro atoms. The SMILES string of the molecule is O=C(N[C@@H](c1ccccc1)c1ccc2nc(C(F)(F)F)[nH]c2c1)c1ccc(Br)o1. The third-order valence-electron chi connectivity index (χ3n) is 4.31. The fraction of sp³-hybridized carbons (Fsp3) is 0.100. The minimum atomic E-state index is -4.57. The number of imidazole rings is 1. The van der Waals surface area contributed by atoms with Crippen LogP contribution in [-0.4, -0.2) is 15.9 Å². The highest BCUT2D eigenvalue weighted by atomic mass is 79.9. The Morgan fingerprint density at radius 2 is 1.83 bits per heavy atom. The minimum absolute atomic E-state index is 0.111. The van der Waals surface area contributed by atoms with Crippen molar-refractivity contribution in [1.82, 2.24) is 15.3 Å². The molecule has 9 heteroatoms. The number of hydrogen-bond donors (Lipinski definition) is 2. The van der Waals surface area contributed by atoms with Crippen molar-refractivity contribution in [2.75, 3.05) is 0 Å². The van der Waals surface area contributed by atoms with E-state index < -0.39 is 23.9 Å². The van der Waals surface area contributed by atoms with Gasteiger partial charge in [-0.25, -0.2) is 4.98 Å². The lowest BCUT2D eigenvalue weighted by atomic mass is 9.98. The van der Waals surface area contributed by atoms with Gasteiger partial charge in [0.25, 0.3) is 5.91 Å². The van der Waals surface area contributed by atoms with Gasteiger partial charge in [-0.05, 0) is 51.3 Å². The van der Waals surface area contributed by atoms with Crippen molar-refractivity contribution in [3.63, 3.8) is 0 Å². The summed E-state index contributed by atoms with van der Waals surface area (Å²) in [6.07, 6.45) is -4.57. The van der Waals surface area contributed by atoms with E-state index in [1.165, 1.54) is 12.1 Å². The van der Waals surface area contributed by atoms with Crippen LogP contribution in [-0.2, 0) is 6.18 Å². The second-order valence-corrected chi connectivity index (χ2v) is 7.06. The molecule has 2 heterocycles. The zero-order chi connectivity index (χ0) is 20.6. The number of carbonyl (C=O) groups excluding carboxylic acids is 1. The molecule has 4 aromatic rings. The molecular weight excluding hydrogens is 451 g/mol. The molecule has 2 N–H and O–H groups in total. The average molecular weight is 464 g/mol. The van der Waals surface area contributed by atoms with Crippen molar-refractivity contribution in [2.24, 2.45) is 0 Å². The van der Waals surface area contributed by atoms with Gasteiger partial charge in [0, 0.05) is 0 Å². The van der Waals surface area contributed by atoms with Crippen LogP contribution in [0.25, 0.3) is 11.0 Å². The Morgan fingerprint density at radius 1 is 1.07 bits per heavy atom. The summed E-state index contributed by atoms with van der Waals surface area (Å²) < 4.78 is 44.5. The number of fused-ring (bicyclic) bond motifs is 1. The summed E-state index contributed by atoms with van der Waals surface area (Å²) in [6.45, 7) is 0. The summed E-state index contributed by atoms with van der Waals surface area (Å²) in [6, 6.07) is 16.3. The van der Waals surface area contributed by atoms with Crippen LogP contribution >= 0.6 is 15.9 Å². The van der Waals surface area contributed by atoms with Crippen molar-refractivity contribution in [1.29, 1.82) is 0 Å². The first-order valence-electron chi connectivity index (χ1n) is 8.49. The number of aromatic nitrogens is 2. The van der Waals surface area contributed by atoms with Crippen LogP contribution in [0, 0.1) is 0 Å². The third kappa shape index (κ3) is 4.04. The molecule has 0 saturated heterocycles. The van der Waals surface area contributed by atoms with Gasteiger partial charge in [0.2, 0.25) is 5.82 Å². The van der Waals surface area contributed by atoms with Crippen molar-refractivity contribution in [2.45, 2.75) is 12.2 Å². The van der Waals surface area contributed by atoms with E-state index in [1.807, 2.05) is 30.3 Å². The van der Waals surface area contributed by atoms with E-state index in [4.69, 9.17) is 4.42 Å². The summed E-state index contributed by atoms with van der Waals surface area (Å²) in [5.74, 6) is -1.41. The Balaban J connectivity index is 1.73. The van der Waals surface area contributed by atoms with E-state index in [9.17, 15) is 18.0 Å². The Bertz CT molecular complexity index is 1170.